The van der Waals surface area contributed by atoms with E-state index in [0.717, 1.165) is 38.4 Å². The summed E-state index contributed by atoms with van der Waals surface area (Å²) in [6.07, 6.45) is 2.58. The highest BCUT2D eigenvalue weighted by Crippen LogP contribution is 2.21. The first-order valence-corrected chi connectivity index (χ1v) is 6.84. The van der Waals surface area contributed by atoms with Gasteiger partial charge in [-0.25, -0.2) is 9.78 Å². The van der Waals surface area contributed by atoms with Gasteiger partial charge in [-0.3, -0.25) is 4.90 Å². The van der Waals surface area contributed by atoms with Gasteiger partial charge in [-0.1, -0.05) is 13.8 Å². The maximum absolute atomic E-state index is 10.8. The topological polar surface area (TPSA) is 56.7 Å². The summed E-state index contributed by atoms with van der Waals surface area (Å²) < 4.78 is 0. The third kappa shape index (κ3) is 3.04. The first-order chi connectivity index (χ1) is 9.15. The van der Waals surface area contributed by atoms with Crippen LogP contribution in [0.15, 0.2) is 18.3 Å². The normalized spacial score (nSPS) is 19.1. The lowest BCUT2D eigenvalue weighted by Crippen LogP contribution is -2.37. The molecule has 0 radical (unpaired) electrons. The van der Waals surface area contributed by atoms with Crippen molar-refractivity contribution in [2.45, 2.75) is 26.3 Å². The SMILES string of the molecule is CCN(CC)C1CCN(c2ccc(C(=O)O)cn2)C1. The van der Waals surface area contributed by atoms with Crippen LogP contribution >= 0.6 is 0 Å². The predicted octanol–water partition coefficient (Wildman–Crippen LogP) is 1.70. The molecule has 1 unspecified atom stereocenters. The van der Waals surface area contributed by atoms with E-state index < -0.39 is 5.97 Å². The van der Waals surface area contributed by atoms with Gasteiger partial charge in [-0.15, -0.1) is 0 Å². The van der Waals surface area contributed by atoms with Crippen molar-refractivity contribution in [2.75, 3.05) is 31.1 Å². The molecule has 1 aliphatic heterocycles. The quantitative estimate of drug-likeness (QED) is 0.876. The van der Waals surface area contributed by atoms with Crippen LogP contribution in [0.2, 0.25) is 0 Å². The Morgan fingerprint density at radius 2 is 2.21 bits per heavy atom. The molecule has 0 amide bonds. The predicted molar refractivity (Wildman–Crippen MR) is 74.7 cm³/mol. The Bertz CT molecular complexity index is 429. The number of pyridine rings is 1. The number of aromatic nitrogens is 1. The number of rotatable bonds is 5. The Labute approximate surface area is 113 Å². The van der Waals surface area contributed by atoms with E-state index in [-0.39, 0.29) is 5.56 Å². The van der Waals surface area contributed by atoms with E-state index in [1.54, 1.807) is 12.1 Å². The summed E-state index contributed by atoms with van der Waals surface area (Å²) in [5.41, 5.74) is 0.239. The molecule has 5 heteroatoms. The lowest BCUT2D eigenvalue weighted by atomic mass is 10.2. The van der Waals surface area contributed by atoms with Gasteiger partial charge in [0.2, 0.25) is 0 Å². The minimum absolute atomic E-state index is 0.239. The molecule has 1 saturated heterocycles. The van der Waals surface area contributed by atoms with Gasteiger partial charge in [0.25, 0.3) is 0 Å². The fourth-order valence-electron chi connectivity index (χ4n) is 2.69. The van der Waals surface area contributed by atoms with Crippen LogP contribution in [-0.2, 0) is 0 Å². The molecule has 0 saturated carbocycles. The van der Waals surface area contributed by atoms with Crippen LogP contribution in [0.1, 0.15) is 30.6 Å². The van der Waals surface area contributed by atoms with Crippen molar-refractivity contribution in [3.8, 4) is 0 Å². The second-order valence-electron chi connectivity index (χ2n) is 4.82. The monoisotopic (exact) mass is 263 g/mol. The molecule has 1 N–H and O–H groups in total. The molecule has 2 heterocycles. The Morgan fingerprint density at radius 1 is 1.47 bits per heavy atom. The lowest BCUT2D eigenvalue weighted by Gasteiger charge is -2.26. The number of carboxylic acids is 1. The molecular weight excluding hydrogens is 242 g/mol. The third-order valence-corrected chi connectivity index (χ3v) is 3.81. The molecule has 0 spiro atoms. The van der Waals surface area contributed by atoms with E-state index >= 15 is 0 Å². The van der Waals surface area contributed by atoms with Crippen molar-refractivity contribution < 1.29 is 9.90 Å². The number of carbonyl (C=O) groups is 1. The highest BCUT2D eigenvalue weighted by Gasteiger charge is 2.26. The summed E-state index contributed by atoms with van der Waals surface area (Å²) in [7, 11) is 0. The molecule has 1 aliphatic rings. The number of hydrogen-bond donors (Lipinski definition) is 1. The van der Waals surface area contributed by atoms with Crippen molar-refractivity contribution in [3.05, 3.63) is 23.9 Å². The van der Waals surface area contributed by atoms with Crippen LogP contribution < -0.4 is 4.90 Å². The summed E-state index contributed by atoms with van der Waals surface area (Å²) in [6, 6.07) is 4.00. The van der Waals surface area contributed by atoms with Crippen molar-refractivity contribution >= 4 is 11.8 Å². The molecule has 0 aliphatic carbocycles. The molecule has 1 fully saturated rings. The van der Waals surface area contributed by atoms with E-state index in [1.165, 1.54) is 6.20 Å². The highest BCUT2D eigenvalue weighted by molar-refractivity contribution is 5.87. The maximum Gasteiger partial charge on any atom is 0.337 e. The van der Waals surface area contributed by atoms with Crippen molar-refractivity contribution in [1.29, 1.82) is 0 Å². The summed E-state index contributed by atoms with van der Waals surface area (Å²) >= 11 is 0. The minimum Gasteiger partial charge on any atom is -0.478 e. The highest BCUT2D eigenvalue weighted by atomic mass is 16.4. The van der Waals surface area contributed by atoms with Gasteiger partial charge in [-0.2, -0.15) is 0 Å². The van der Waals surface area contributed by atoms with Crippen LogP contribution in [0.5, 0.6) is 0 Å². The molecule has 5 nitrogen and oxygen atoms in total. The van der Waals surface area contributed by atoms with Gasteiger partial charge in [-0.05, 0) is 31.6 Å². The number of hydrogen-bond acceptors (Lipinski definition) is 4. The number of anilines is 1. The summed E-state index contributed by atoms with van der Waals surface area (Å²) in [5.74, 6) is -0.0545. The maximum atomic E-state index is 10.8. The zero-order valence-electron chi connectivity index (χ0n) is 11.5. The number of nitrogens with zero attached hydrogens (tertiary/aromatic N) is 3. The van der Waals surface area contributed by atoms with Crippen molar-refractivity contribution in [3.63, 3.8) is 0 Å². The number of aromatic carboxylic acids is 1. The van der Waals surface area contributed by atoms with E-state index in [2.05, 4.69) is 28.6 Å². The molecule has 0 aromatic carbocycles. The van der Waals surface area contributed by atoms with Crippen LogP contribution in [0.25, 0.3) is 0 Å². The van der Waals surface area contributed by atoms with E-state index in [4.69, 9.17) is 5.11 Å². The molecule has 2 rings (SSSR count). The smallest absolute Gasteiger partial charge is 0.337 e. The number of carboxylic acid groups (broad SMARTS) is 1. The second-order valence-corrected chi connectivity index (χ2v) is 4.82. The van der Waals surface area contributed by atoms with Gasteiger partial charge >= 0.3 is 5.97 Å². The molecule has 1 atom stereocenters. The standard InChI is InChI=1S/C14H21N3O2/c1-3-16(4-2)12-7-8-17(10-12)13-6-5-11(9-15-13)14(18)19/h5-6,9,12H,3-4,7-8,10H2,1-2H3,(H,18,19). The Hall–Kier alpha value is -1.62. The van der Waals surface area contributed by atoms with Crippen LogP contribution in [-0.4, -0.2) is 53.2 Å². The average molecular weight is 263 g/mol. The summed E-state index contributed by atoms with van der Waals surface area (Å²) in [5, 5.41) is 8.86. The molecule has 104 valence electrons. The zero-order chi connectivity index (χ0) is 13.8. The molecular formula is C14H21N3O2. The van der Waals surface area contributed by atoms with Crippen LogP contribution in [0.3, 0.4) is 0 Å². The summed E-state index contributed by atoms with van der Waals surface area (Å²) in [6.45, 7) is 8.47. The Balaban J connectivity index is 2.02. The van der Waals surface area contributed by atoms with Crippen LogP contribution in [0, 0.1) is 0 Å². The van der Waals surface area contributed by atoms with E-state index in [1.807, 2.05) is 0 Å². The first kappa shape index (κ1) is 13.8. The summed E-state index contributed by atoms with van der Waals surface area (Å²) in [4.78, 5) is 19.7. The van der Waals surface area contributed by atoms with Gasteiger partial charge in [0.1, 0.15) is 5.82 Å². The van der Waals surface area contributed by atoms with Gasteiger partial charge in [0.15, 0.2) is 0 Å². The Morgan fingerprint density at radius 3 is 2.74 bits per heavy atom. The number of likely N-dealkylation sites (N-methyl/N-ethyl adjacent to an activating group) is 1. The first-order valence-electron chi connectivity index (χ1n) is 6.84. The third-order valence-electron chi connectivity index (χ3n) is 3.81. The zero-order valence-corrected chi connectivity index (χ0v) is 11.5. The van der Waals surface area contributed by atoms with Gasteiger partial charge in [0, 0.05) is 25.3 Å². The molecule has 1 aromatic heterocycles. The van der Waals surface area contributed by atoms with E-state index in [0.29, 0.717) is 6.04 Å². The Kier molecular flexibility index (Phi) is 4.37. The van der Waals surface area contributed by atoms with E-state index in [9.17, 15) is 4.79 Å². The van der Waals surface area contributed by atoms with Crippen LogP contribution in [0.4, 0.5) is 5.82 Å². The fraction of sp³-hybridized carbons (Fsp3) is 0.571. The van der Waals surface area contributed by atoms with Gasteiger partial charge in [0.05, 0.1) is 5.56 Å². The largest absolute Gasteiger partial charge is 0.478 e. The van der Waals surface area contributed by atoms with Crippen molar-refractivity contribution in [1.82, 2.24) is 9.88 Å². The average Bonchev–Trinajstić information content (AvgIpc) is 2.90. The fourth-order valence-corrected chi connectivity index (χ4v) is 2.69. The molecule has 19 heavy (non-hydrogen) atoms. The van der Waals surface area contributed by atoms with Crippen molar-refractivity contribution in [2.24, 2.45) is 0 Å². The molecule has 0 bridgehead atoms. The molecule has 1 aromatic rings. The van der Waals surface area contributed by atoms with Gasteiger partial charge < -0.3 is 10.0 Å². The second kappa shape index (κ2) is 6.02. The minimum atomic E-state index is -0.929. The lowest BCUT2D eigenvalue weighted by molar-refractivity contribution is 0.0696.